The topological polar surface area (TPSA) is 58.6 Å². The zero-order valence-corrected chi connectivity index (χ0v) is 16.9. The third-order valence-electron chi connectivity index (χ3n) is 5.91. The molecule has 0 unspecified atom stereocenters. The summed E-state index contributed by atoms with van der Waals surface area (Å²) in [5.41, 5.74) is 3.40. The number of piperazine rings is 1. The number of hydrogen-bond donors (Lipinski definition) is 0. The van der Waals surface area contributed by atoms with Gasteiger partial charge in [0.15, 0.2) is 5.82 Å². The molecule has 1 aromatic heterocycles. The van der Waals surface area contributed by atoms with E-state index in [4.69, 9.17) is 4.74 Å². The Bertz CT molecular complexity index is 831. The predicted molar refractivity (Wildman–Crippen MR) is 108 cm³/mol. The van der Waals surface area contributed by atoms with E-state index in [1.807, 2.05) is 24.0 Å². The molecule has 2 aliphatic heterocycles. The lowest BCUT2D eigenvalue weighted by molar-refractivity contribution is -0.131. The van der Waals surface area contributed by atoms with Crippen LogP contribution in [0.1, 0.15) is 30.7 Å². The van der Waals surface area contributed by atoms with E-state index in [2.05, 4.69) is 53.2 Å². The lowest BCUT2D eigenvalue weighted by atomic mass is 9.80. The minimum Gasteiger partial charge on any atom is -0.379 e. The van der Waals surface area contributed by atoms with Gasteiger partial charge in [0.2, 0.25) is 5.91 Å². The van der Waals surface area contributed by atoms with E-state index in [9.17, 15) is 4.79 Å². The first-order valence-electron chi connectivity index (χ1n) is 9.96. The Morgan fingerprint density at radius 1 is 1.14 bits per heavy atom. The third-order valence-corrected chi connectivity index (χ3v) is 5.91. The molecule has 2 saturated heterocycles. The Labute approximate surface area is 166 Å². The molecule has 1 amide bonds. The average Bonchev–Trinajstić information content (AvgIpc) is 2.67. The summed E-state index contributed by atoms with van der Waals surface area (Å²) in [5.74, 6) is 1.07. The smallest absolute Gasteiger partial charge is 0.227 e. The van der Waals surface area contributed by atoms with Gasteiger partial charge in [-0.1, -0.05) is 31.2 Å². The molecule has 6 heteroatoms. The molecule has 2 fully saturated rings. The summed E-state index contributed by atoms with van der Waals surface area (Å²) < 4.78 is 5.35. The monoisotopic (exact) mass is 380 g/mol. The van der Waals surface area contributed by atoms with Gasteiger partial charge in [0.25, 0.3) is 0 Å². The molecule has 4 rings (SSSR count). The molecule has 0 radical (unpaired) electrons. The Balaban J connectivity index is 1.35. The summed E-state index contributed by atoms with van der Waals surface area (Å²) in [4.78, 5) is 17.0. The van der Waals surface area contributed by atoms with Gasteiger partial charge in [-0.2, -0.15) is 5.10 Å². The van der Waals surface area contributed by atoms with Crippen LogP contribution in [0.2, 0.25) is 0 Å². The number of carbonyl (C=O) groups is 1. The molecule has 0 aliphatic carbocycles. The van der Waals surface area contributed by atoms with Crippen molar-refractivity contribution in [2.45, 2.75) is 38.6 Å². The highest BCUT2D eigenvalue weighted by molar-refractivity contribution is 5.79. The summed E-state index contributed by atoms with van der Waals surface area (Å²) in [6.07, 6.45) is 0.449. The van der Waals surface area contributed by atoms with Gasteiger partial charge in [-0.05, 0) is 37.1 Å². The van der Waals surface area contributed by atoms with Gasteiger partial charge < -0.3 is 14.5 Å². The summed E-state index contributed by atoms with van der Waals surface area (Å²) in [5, 5.41) is 8.45. The maximum Gasteiger partial charge on any atom is 0.227 e. The Kier molecular flexibility index (Phi) is 5.06. The normalized spacial score (nSPS) is 21.3. The lowest BCUT2D eigenvalue weighted by Gasteiger charge is -2.40. The van der Waals surface area contributed by atoms with Crippen molar-refractivity contribution in [3.05, 3.63) is 53.2 Å². The molecule has 2 aliphatic rings. The van der Waals surface area contributed by atoms with Crippen molar-refractivity contribution >= 4 is 11.7 Å². The Morgan fingerprint density at radius 2 is 1.89 bits per heavy atom. The first-order chi connectivity index (χ1) is 13.4. The largest absolute Gasteiger partial charge is 0.379 e. The highest BCUT2D eigenvalue weighted by Gasteiger charge is 2.35. The van der Waals surface area contributed by atoms with E-state index in [0.717, 1.165) is 36.8 Å². The van der Waals surface area contributed by atoms with Crippen LogP contribution in [0.25, 0.3) is 0 Å². The number of ether oxygens (including phenoxy) is 1. The Hall–Kier alpha value is -2.47. The van der Waals surface area contributed by atoms with Crippen molar-refractivity contribution < 1.29 is 9.53 Å². The molecule has 148 valence electrons. The minimum atomic E-state index is 0.132. The molecule has 2 aromatic rings. The predicted octanol–water partition coefficient (Wildman–Crippen LogP) is 2.35. The average molecular weight is 380 g/mol. The molecule has 3 heterocycles. The summed E-state index contributed by atoms with van der Waals surface area (Å²) in [6.45, 7) is 10.0. The molecule has 1 aromatic carbocycles. The van der Waals surface area contributed by atoms with Gasteiger partial charge in [-0.25, -0.2) is 0 Å². The van der Waals surface area contributed by atoms with Crippen molar-refractivity contribution in [3.8, 4) is 0 Å². The van der Waals surface area contributed by atoms with Crippen LogP contribution in [0.4, 0.5) is 5.82 Å². The van der Waals surface area contributed by atoms with Crippen LogP contribution < -0.4 is 4.90 Å². The van der Waals surface area contributed by atoms with E-state index in [1.54, 1.807) is 0 Å². The molecular weight excluding hydrogens is 352 g/mol. The lowest BCUT2D eigenvalue weighted by Crippen LogP contribution is -2.54. The maximum absolute atomic E-state index is 12.8. The first-order valence-corrected chi connectivity index (χ1v) is 9.96. The zero-order chi connectivity index (χ0) is 19.7. The van der Waals surface area contributed by atoms with Crippen molar-refractivity contribution in [3.63, 3.8) is 0 Å². The van der Waals surface area contributed by atoms with Crippen LogP contribution in [-0.2, 0) is 21.4 Å². The highest BCUT2D eigenvalue weighted by atomic mass is 16.5. The van der Waals surface area contributed by atoms with Crippen LogP contribution >= 0.6 is 0 Å². The van der Waals surface area contributed by atoms with Crippen LogP contribution in [-0.4, -0.2) is 59.9 Å². The molecule has 1 atom stereocenters. The van der Waals surface area contributed by atoms with Gasteiger partial charge in [-0.3, -0.25) is 4.79 Å². The number of anilines is 1. The second-order valence-electron chi connectivity index (χ2n) is 8.34. The number of carbonyl (C=O) groups excluding carboxylic acids is 1. The molecule has 0 bridgehead atoms. The van der Waals surface area contributed by atoms with E-state index < -0.39 is 0 Å². The van der Waals surface area contributed by atoms with Gasteiger partial charge in [0.05, 0.1) is 25.3 Å². The fourth-order valence-corrected chi connectivity index (χ4v) is 3.96. The first kappa shape index (κ1) is 18.9. The number of rotatable bonds is 4. The van der Waals surface area contributed by atoms with Crippen molar-refractivity contribution in [2.24, 2.45) is 0 Å². The molecule has 6 nitrogen and oxygen atoms in total. The van der Waals surface area contributed by atoms with Crippen LogP contribution in [0.15, 0.2) is 36.4 Å². The fraction of sp³-hybridized carbons (Fsp3) is 0.500. The SMILES string of the molecule is Cc1ccc(N2CCN(C(=O)Cc3ccc(C4(C)COC4)cc3)C[C@H]2C)nn1. The van der Waals surface area contributed by atoms with Crippen LogP contribution in [0.3, 0.4) is 0 Å². The maximum atomic E-state index is 12.8. The summed E-state index contributed by atoms with van der Waals surface area (Å²) in [6, 6.07) is 12.6. The minimum absolute atomic E-state index is 0.132. The van der Waals surface area contributed by atoms with E-state index in [1.165, 1.54) is 5.56 Å². The number of nitrogens with zero attached hydrogens (tertiary/aromatic N) is 4. The number of hydrogen-bond acceptors (Lipinski definition) is 5. The van der Waals surface area contributed by atoms with Gasteiger partial charge in [-0.15, -0.1) is 5.10 Å². The second-order valence-corrected chi connectivity index (χ2v) is 8.34. The number of amides is 1. The van der Waals surface area contributed by atoms with E-state index in [0.29, 0.717) is 19.5 Å². The molecule has 28 heavy (non-hydrogen) atoms. The highest BCUT2D eigenvalue weighted by Crippen LogP contribution is 2.31. The number of aryl methyl sites for hydroxylation is 1. The van der Waals surface area contributed by atoms with Gasteiger partial charge >= 0.3 is 0 Å². The number of aromatic nitrogens is 2. The summed E-state index contributed by atoms with van der Waals surface area (Å²) >= 11 is 0. The van der Waals surface area contributed by atoms with E-state index in [-0.39, 0.29) is 17.4 Å². The molecule has 0 saturated carbocycles. The Morgan fingerprint density at radius 3 is 2.46 bits per heavy atom. The zero-order valence-electron chi connectivity index (χ0n) is 16.9. The van der Waals surface area contributed by atoms with Crippen molar-refractivity contribution in [2.75, 3.05) is 37.7 Å². The third kappa shape index (κ3) is 3.74. The van der Waals surface area contributed by atoms with Crippen molar-refractivity contribution in [1.82, 2.24) is 15.1 Å². The van der Waals surface area contributed by atoms with E-state index >= 15 is 0 Å². The fourth-order valence-electron chi connectivity index (χ4n) is 3.96. The molecule has 0 spiro atoms. The standard InChI is InChI=1S/C22H28N4O2/c1-16-4-9-20(24-23-16)26-11-10-25(13-17(26)2)21(27)12-18-5-7-19(8-6-18)22(3)14-28-15-22/h4-9,17H,10-15H2,1-3H3/t17-/m1/s1. The van der Waals surface area contributed by atoms with Crippen LogP contribution in [0.5, 0.6) is 0 Å². The second kappa shape index (κ2) is 7.51. The van der Waals surface area contributed by atoms with Gasteiger partial charge in [0, 0.05) is 31.1 Å². The molecular formula is C22H28N4O2. The van der Waals surface area contributed by atoms with Crippen molar-refractivity contribution in [1.29, 1.82) is 0 Å². The number of benzene rings is 1. The quantitative estimate of drug-likeness (QED) is 0.815. The van der Waals surface area contributed by atoms with Crippen LogP contribution in [0, 0.1) is 6.92 Å². The van der Waals surface area contributed by atoms with Gasteiger partial charge in [0.1, 0.15) is 0 Å². The molecule has 0 N–H and O–H groups in total. The summed E-state index contributed by atoms with van der Waals surface area (Å²) in [7, 11) is 0.